The molecule has 1 aliphatic heterocycles. The fourth-order valence-corrected chi connectivity index (χ4v) is 0.370. The van der Waals surface area contributed by atoms with Crippen LogP contribution in [0.15, 0.2) is 34.7 Å². The molecular weight excluding hydrogens is 88.1 g/mol. The molecule has 7 heavy (non-hydrogen) atoms. The van der Waals surface area contributed by atoms with Gasteiger partial charge in [-0.15, -0.1) is 0 Å². The topological polar surface area (TPSA) is 24.7 Å². The highest BCUT2D eigenvalue weighted by atomic mass is 15.1. The van der Waals surface area contributed by atoms with Crippen LogP contribution in [0.25, 0.3) is 0 Å². The molecule has 1 aliphatic rings. The highest BCUT2D eigenvalue weighted by Gasteiger charge is 1.87. The summed E-state index contributed by atoms with van der Waals surface area (Å²) >= 11 is 0. The van der Waals surface area contributed by atoms with E-state index in [1.165, 1.54) is 0 Å². The number of azo groups is 1. The Kier molecular flexibility index (Phi) is 1.02. The van der Waals surface area contributed by atoms with Crippen molar-refractivity contribution in [3.63, 3.8) is 0 Å². The largest absolute Gasteiger partial charge is 0.184 e. The van der Waals surface area contributed by atoms with Gasteiger partial charge < -0.3 is 0 Å². The Morgan fingerprint density at radius 2 is 2.57 bits per heavy atom. The first-order chi connectivity index (χ1) is 3.39. The number of nitrogens with zero attached hydrogens (tertiary/aromatic N) is 2. The molecular formula is C5H6N2. The molecule has 0 saturated heterocycles. The molecule has 0 amide bonds. The third kappa shape index (κ3) is 0.961. The van der Waals surface area contributed by atoms with Crippen molar-refractivity contribution in [2.45, 2.75) is 0 Å². The monoisotopic (exact) mass is 94.1 g/mol. The summed E-state index contributed by atoms with van der Waals surface area (Å²) in [4.78, 5) is 0. The molecule has 0 aromatic heterocycles. The van der Waals surface area contributed by atoms with Crippen LogP contribution >= 0.6 is 0 Å². The van der Waals surface area contributed by atoms with Crippen molar-refractivity contribution in [1.29, 1.82) is 0 Å². The molecule has 1 rings (SSSR count). The van der Waals surface area contributed by atoms with Crippen molar-refractivity contribution in [2.24, 2.45) is 10.2 Å². The fraction of sp³-hybridized carbons (Fsp3) is 0.200. The van der Waals surface area contributed by atoms with Crippen molar-refractivity contribution in [2.75, 3.05) is 6.54 Å². The smallest absolute Gasteiger partial charge is 0.0848 e. The second-order valence-electron chi connectivity index (χ2n) is 1.39. The summed E-state index contributed by atoms with van der Waals surface area (Å²) < 4.78 is 0. The molecule has 0 radical (unpaired) electrons. The summed E-state index contributed by atoms with van der Waals surface area (Å²) in [6, 6.07) is 0. The van der Waals surface area contributed by atoms with E-state index in [0.29, 0.717) is 6.54 Å². The molecule has 0 fully saturated rings. The second-order valence-corrected chi connectivity index (χ2v) is 1.39. The zero-order valence-corrected chi connectivity index (χ0v) is 3.96. The van der Waals surface area contributed by atoms with Crippen molar-refractivity contribution in [3.05, 3.63) is 24.4 Å². The molecule has 0 atom stereocenters. The van der Waals surface area contributed by atoms with E-state index < -0.39 is 0 Å². The Labute approximate surface area is 42.3 Å². The summed E-state index contributed by atoms with van der Waals surface area (Å²) in [7, 11) is 0. The highest BCUT2D eigenvalue weighted by molar-refractivity contribution is 5.16. The lowest BCUT2D eigenvalue weighted by atomic mass is 10.3. The van der Waals surface area contributed by atoms with Gasteiger partial charge in [0.25, 0.3) is 0 Å². The maximum Gasteiger partial charge on any atom is 0.0848 e. The summed E-state index contributed by atoms with van der Waals surface area (Å²) in [6.45, 7) is 4.34. The minimum absolute atomic E-state index is 0.663. The van der Waals surface area contributed by atoms with E-state index in [4.69, 9.17) is 0 Å². The third-order valence-corrected chi connectivity index (χ3v) is 0.732. The predicted octanol–water partition coefficient (Wildman–Crippen LogP) is 1.52. The van der Waals surface area contributed by atoms with E-state index in [9.17, 15) is 0 Å². The molecule has 0 N–H and O–H groups in total. The lowest BCUT2D eigenvalue weighted by Gasteiger charge is -1.93. The SMILES string of the molecule is C=C1C=CN=NC1. The summed E-state index contributed by atoms with van der Waals surface area (Å²) in [5.74, 6) is 0. The first-order valence-electron chi connectivity index (χ1n) is 2.10. The van der Waals surface area contributed by atoms with Crippen molar-refractivity contribution in [3.8, 4) is 0 Å². The molecule has 0 aromatic carbocycles. The summed E-state index contributed by atoms with van der Waals surface area (Å²) in [5, 5.41) is 7.31. The van der Waals surface area contributed by atoms with Crippen molar-refractivity contribution < 1.29 is 0 Å². The van der Waals surface area contributed by atoms with Gasteiger partial charge >= 0.3 is 0 Å². The maximum absolute atomic E-state index is 3.70. The van der Waals surface area contributed by atoms with E-state index in [1.54, 1.807) is 6.20 Å². The third-order valence-electron chi connectivity index (χ3n) is 0.732. The Hall–Kier alpha value is -0.920. The molecule has 2 nitrogen and oxygen atoms in total. The zero-order valence-electron chi connectivity index (χ0n) is 3.96. The van der Waals surface area contributed by atoms with E-state index in [0.717, 1.165) is 5.57 Å². The van der Waals surface area contributed by atoms with Crippen LogP contribution in [-0.4, -0.2) is 6.54 Å². The van der Waals surface area contributed by atoms with Crippen LogP contribution in [0.2, 0.25) is 0 Å². The van der Waals surface area contributed by atoms with Crippen LogP contribution in [0.1, 0.15) is 0 Å². The summed E-state index contributed by atoms with van der Waals surface area (Å²) in [5.41, 5.74) is 1.02. The number of hydrogen-bond donors (Lipinski definition) is 0. The molecule has 0 aliphatic carbocycles. The van der Waals surface area contributed by atoms with E-state index in [-0.39, 0.29) is 0 Å². The van der Waals surface area contributed by atoms with Crippen molar-refractivity contribution in [1.82, 2.24) is 0 Å². The lowest BCUT2D eigenvalue weighted by molar-refractivity contribution is 1.01. The zero-order chi connectivity index (χ0) is 5.11. The van der Waals surface area contributed by atoms with E-state index in [2.05, 4.69) is 16.8 Å². The molecule has 0 aromatic rings. The molecule has 0 saturated carbocycles. The molecule has 0 spiro atoms. The normalized spacial score (nSPS) is 18.0. The lowest BCUT2D eigenvalue weighted by Crippen LogP contribution is -1.82. The average Bonchev–Trinajstić information content (AvgIpc) is 1.69. The quantitative estimate of drug-likeness (QED) is 0.434. The first kappa shape index (κ1) is 4.24. The van der Waals surface area contributed by atoms with Crippen LogP contribution in [0, 0.1) is 0 Å². The number of rotatable bonds is 0. The van der Waals surface area contributed by atoms with Gasteiger partial charge in [0.2, 0.25) is 0 Å². The predicted molar refractivity (Wildman–Crippen MR) is 28.0 cm³/mol. The van der Waals surface area contributed by atoms with Gasteiger partial charge in [-0.25, -0.2) is 0 Å². The van der Waals surface area contributed by atoms with Crippen LogP contribution in [-0.2, 0) is 0 Å². The fourth-order valence-electron chi connectivity index (χ4n) is 0.370. The van der Waals surface area contributed by atoms with Gasteiger partial charge in [0.15, 0.2) is 0 Å². The van der Waals surface area contributed by atoms with Gasteiger partial charge in [0.05, 0.1) is 6.54 Å². The second kappa shape index (κ2) is 1.69. The Morgan fingerprint density at radius 3 is 2.86 bits per heavy atom. The molecule has 2 heteroatoms. The number of hydrogen-bond acceptors (Lipinski definition) is 2. The van der Waals surface area contributed by atoms with Crippen molar-refractivity contribution >= 4 is 0 Å². The Bertz CT molecular complexity index is 133. The van der Waals surface area contributed by atoms with Crippen LogP contribution < -0.4 is 0 Å². The van der Waals surface area contributed by atoms with E-state index >= 15 is 0 Å². The molecule has 0 bridgehead atoms. The minimum atomic E-state index is 0.663. The van der Waals surface area contributed by atoms with Gasteiger partial charge in [0, 0.05) is 6.20 Å². The van der Waals surface area contributed by atoms with Crippen LogP contribution in [0.4, 0.5) is 0 Å². The Balaban J connectivity index is 2.66. The minimum Gasteiger partial charge on any atom is -0.184 e. The highest BCUT2D eigenvalue weighted by Crippen LogP contribution is 1.99. The molecule has 0 unspecified atom stereocenters. The standard InChI is InChI=1S/C5H6N2/c1-5-2-3-6-7-4-5/h2-3H,1,4H2. The van der Waals surface area contributed by atoms with Crippen LogP contribution in [0.3, 0.4) is 0 Å². The average molecular weight is 94.1 g/mol. The first-order valence-corrected chi connectivity index (χ1v) is 2.10. The van der Waals surface area contributed by atoms with Gasteiger partial charge in [-0.05, 0) is 11.6 Å². The maximum atomic E-state index is 3.70. The Morgan fingerprint density at radius 1 is 1.71 bits per heavy atom. The van der Waals surface area contributed by atoms with Gasteiger partial charge in [-0.2, -0.15) is 10.2 Å². The van der Waals surface area contributed by atoms with Gasteiger partial charge in [-0.1, -0.05) is 6.58 Å². The van der Waals surface area contributed by atoms with E-state index in [1.807, 2.05) is 6.08 Å². The molecule has 36 valence electrons. The summed E-state index contributed by atoms with van der Waals surface area (Å²) in [6.07, 6.45) is 3.50. The van der Waals surface area contributed by atoms with Crippen LogP contribution in [0.5, 0.6) is 0 Å². The molecule has 1 heterocycles. The van der Waals surface area contributed by atoms with Gasteiger partial charge in [0.1, 0.15) is 0 Å². The van der Waals surface area contributed by atoms with Gasteiger partial charge in [-0.3, -0.25) is 0 Å².